The Kier molecular flexibility index (Phi) is 5.15. The third kappa shape index (κ3) is 3.76. The molecule has 0 aromatic heterocycles. The van der Waals surface area contributed by atoms with Gasteiger partial charge in [0.25, 0.3) is 0 Å². The van der Waals surface area contributed by atoms with Gasteiger partial charge in [-0.1, -0.05) is 13.8 Å². The summed E-state index contributed by atoms with van der Waals surface area (Å²) >= 11 is 4.70. The molecule has 0 atom stereocenters. The second-order valence-electron chi connectivity index (χ2n) is 4.13. The number of hydrogen-bond donors (Lipinski definition) is 0. The maximum atomic E-state index is 5.80. The van der Waals surface area contributed by atoms with Crippen molar-refractivity contribution in [2.24, 2.45) is 0 Å². The van der Waals surface area contributed by atoms with Gasteiger partial charge in [0.15, 0.2) is 0 Å². The van der Waals surface area contributed by atoms with E-state index >= 15 is 0 Å². The molecular formula is C12H16I2O. The maximum absolute atomic E-state index is 5.80. The summed E-state index contributed by atoms with van der Waals surface area (Å²) in [5, 5.41) is 0. The Morgan fingerprint density at radius 1 is 1.00 bits per heavy atom. The van der Waals surface area contributed by atoms with E-state index in [1.54, 1.807) is 0 Å². The molecule has 1 rings (SSSR count). The molecular weight excluding hydrogens is 408 g/mol. The molecule has 3 heteroatoms. The second kappa shape index (κ2) is 5.70. The Balaban J connectivity index is 3.10. The molecule has 0 amide bonds. The predicted molar refractivity (Wildman–Crippen MR) is 81.7 cm³/mol. The highest BCUT2D eigenvalue weighted by atomic mass is 124. The number of halogens is 2. The summed E-state index contributed by atoms with van der Waals surface area (Å²) < 4.78 is 8.21. The summed E-state index contributed by atoms with van der Waals surface area (Å²) in [6.07, 6.45) is 0.233. The van der Waals surface area contributed by atoms with E-state index in [2.05, 4.69) is 85.0 Å². The average Bonchev–Trinajstić information content (AvgIpc) is 2.10. The lowest BCUT2D eigenvalue weighted by Crippen LogP contribution is -2.08. The Morgan fingerprint density at radius 2 is 1.47 bits per heavy atom. The number of benzene rings is 1. The average molecular weight is 424 g/mol. The largest absolute Gasteiger partial charge is 0.489 e. The summed E-state index contributed by atoms with van der Waals surface area (Å²) in [6, 6.07) is 4.43. The van der Waals surface area contributed by atoms with Gasteiger partial charge in [0.1, 0.15) is 5.75 Å². The van der Waals surface area contributed by atoms with Crippen LogP contribution in [0.2, 0.25) is 0 Å². The first-order chi connectivity index (χ1) is 6.91. The summed E-state index contributed by atoms with van der Waals surface area (Å²) in [7, 11) is 0. The van der Waals surface area contributed by atoms with E-state index < -0.39 is 0 Å². The smallest absolute Gasteiger partial charge is 0.146 e. The minimum Gasteiger partial charge on any atom is -0.489 e. The van der Waals surface area contributed by atoms with Crippen LogP contribution in [0.3, 0.4) is 0 Å². The van der Waals surface area contributed by atoms with E-state index in [9.17, 15) is 0 Å². The van der Waals surface area contributed by atoms with E-state index in [1.807, 2.05) is 0 Å². The Bertz CT molecular complexity index is 322. The first kappa shape index (κ1) is 13.5. The molecule has 1 nitrogen and oxygen atoms in total. The van der Waals surface area contributed by atoms with Gasteiger partial charge in [-0.25, -0.2) is 0 Å². The first-order valence-electron chi connectivity index (χ1n) is 5.07. The van der Waals surface area contributed by atoms with Crippen molar-refractivity contribution in [3.63, 3.8) is 0 Å². The Labute approximate surface area is 119 Å². The molecule has 0 heterocycles. The van der Waals surface area contributed by atoms with Crippen LogP contribution < -0.4 is 4.74 Å². The van der Waals surface area contributed by atoms with Crippen molar-refractivity contribution in [2.75, 3.05) is 0 Å². The first-order valence-corrected chi connectivity index (χ1v) is 7.23. The lowest BCUT2D eigenvalue weighted by Gasteiger charge is -2.16. The molecule has 0 radical (unpaired) electrons. The number of rotatable bonds is 3. The number of hydrogen-bond acceptors (Lipinski definition) is 1. The van der Waals surface area contributed by atoms with Gasteiger partial charge in [-0.2, -0.15) is 0 Å². The summed E-state index contributed by atoms with van der Waals surface area (Å²) in [4.78, 5) is 0. The van der Waals surface area contributed by atoms with Gasteiger partial charge >= 0.3 is 0 Å². The molecule has 0 N–H and O–H groups in total. The van der Waals surface area contributed by atoms with Crippen molar-refractivity contribution < 1.29 is 4.74 Å². The SMILES string of the molecule is CC(C)Oc1c([124I])cc(C(C)C)cc1[124I]. The normalized spacial score (nSPS) is 11.2. The van der Waals surface area contributed by atoms with E-state index in [1.165, 1.54) is 12.7 Å². The zero-order valence-corrected chi connectivity index (χ0v) is 13.8. The van der Waals surface area contributed by atoms with Crippen LogP contribution in [0.1, 0.15) is 39.2 Å². The van der Waals surface area contributed by atoms with Crippen molar-refractivity contribution in [2.45, 2.75) is 39.7 Å². The minimum atomic E-state index is 0.233. The lowest BCUT2D eigenvalue weighted by atomic mass is 10.0. The van der Waals surface area contributed by atoms with Crippen LogP contribution in [0.5, 0.6) is 5.75 Å². The molecule has 0 unspecified atom stereocenters. The molecule has 0 aliphatic carbocycles. The van der Waals surface area contributed by atoms with Gasteiger partial charge in [0.2, 0.25) is 0 Å². The molecule has 15 heavy (non-hydrogen) atoms. The van der Waals surface area contributed by atoms with Gasteiger partial charge in [-0.05, 0) is 82.6 Å². The molecule has 1 aromatic rings. The highest BCUT2D eigenvalue weighted by molar-refractivity contribution is 14.1. The van der Waals surface area contributed by atoms with E-state index in [-0.39, 0.29) is 6.10 Å². The molecule has 0 spiro atoms. The fourth-order valence-electron chi connectivity index (χ4n) is 1.26. The van der Waals surface area contributed by atoms with Crippen molar-refractivity contribution in [1.29, 1.82) is 0 Å². The van der Waals surface area contributed by atoms with E-state index in [0.29, 0.717) is 5.92 Å². The molecule has 0 aliphatic rings. The molecule has 0 bridgehead atoms. The van der Waals surface area contributed by atoms with Gasteiger partial charge in [0.05, 0.1) is 13.2 Å². The second-order valence-corrected chi connectivity index (χ2v) is 6.46. The van der Waals surface area contributed by atoms with Crippen LogP contribution in [0.25, 0.3) is 0 Å². The van der Waals surface area contributed by atoms with E-state index in [0.717, 1.165) is 5.75 Å². The zero-order valence-electron chi connectivity index (χ0n) is 9.47. The fourth-order valence-corrected chi connectivity index (χ4v) is 3.33. The summed E-state index contributed by atoms with van der Waals surface area (Å²) in [5.41, 5.74) is 1.37. The van der Waals surface area contributed by atoms with Crippen LogP contribution >= 0.6 is 45.2 Å². The quantitative estimate of drug-likeness (QED) is 0.634. The van der Waals surface area contributed by atoms with Crippen LogP contribution in [0.15, 0.2) is 12.1 Å². The molecule has 0 saturated heterocycles. The molecule has 0 saturated carbocycles. The standard InChI is InChI=1S/C12H16I2O/c1-7(2)9-5-10(13)12(11(14)6-9)15-8(3)4/h5-8H,1-4H3/i13-3,14-3. The fraction of sp³-hybridized carbons (Fsp3) is 0.500. The van der Waals surface area contributed by atoms with Crippen molar-refractivity contribution in [1.82, 2.24) is 0 Å². The van der Waals surface area contributed by atoms with Crippen LogP contribution in [-0.2, 0) is 0 Å². The summed E-state index contributed by atoms with van der Waals surface area (Å²) in [5.74, 6) is 1.59. The molecule has 0 fully saturated rings. The molecule has 84 valence electrons. The van der Waals surface area contributed by atoms with Crippen molar-refractivity contribution in [3.05, 3.63) is 24.8 Å². The van der Waals surface area contributed by atoms with Gasteiger partial charge in [-0.15, -0.1) is 0 Å². The highest BCUT2D eigenvalue weighted by Gasteiger charge is 2.11. The van der Waals surface area contributed by atoms with Crippen LogP contribution in [0, 0.1) is 7.14 Å². The Morgan fingerprint density at radius 3 is 1.80 bits per heavy atom. The highest BCUT2D eigenvalue weighted by Crippen LogP contribution is 2.32. The molecule has 0 aliphatic heterocycles. The topological polar surface area (TPSA) is 9.23 Å². The summed E-state index contributed by atoms with van der Waals surface area (Å²) in [6.45, 7) is 8.54. The maximum Gasteiger partial charge on any atom is 0.146 e. The van der Waals surface area contributed by atoms with Gasteiger partial charge < -0.3 is 4.74 Å². The monoisotopic (exact) mass is 424 g/mol. The van der Waals surface area contributed by atoms with Crippen molar-refractivity contribution in [3.8, 4) is 5.75 Å². The van der Waals surface area contributed by atoms with Crippen LogP contribution in [-0.4, -0.2) is 6.10 Å². The van der Waals surface area contributed by atoms with E-state index in [4.69, 9.17) is 4.74 Å². The minimum absolute atomic E-state index is 0.233. The van der Waals surface area contributed by atoms with Crippen molar-refractivity contribution >= 4 is 45.2 Å². The zero-order chi connectivity index (χ0) is 11.6. The lowest BCUT2D eigenvalue weighted by molar-refractivity contribution is 0.238. The third-order valence-corrected chi connectivity index (χ3v) is 3.64. The van der Waals surface area contributed by atoms with Crippen LogP contribution in [0.4, 0.5) is 0 Å². The Hall–Kier alpha value is 0.480. The number of ether oxygens (including phenoxy) is 1. The van der Waals surface area contributed by atoms with Gasteiger partial charge in [-0.3, -0.25) is 0 Å². The molecule has 1 aromatic carbocycles. The van der Waals surface area contributed by atoms with Gasteiger partial charge in [0, 0.05) is 0 Å². The third-order valence-electron chi connectivity index (χ3n) is 2.04. The predicted octanol–water partition coefficient (Wildman–Crippen LogP) is 4.81.